The normalized spacial score (nSPS) is 15.8. The molecule has 0 spiro atoms. The van der Waals surface area contributed by atoms with Crippen LogP contribution >= 0.6 is 12.2 Å². The van der Waals surface area contributed by atoms with Crippen LogP contribution in [0.1, 0.15) is 82.4 Å². The van der Waals surface area contributed by atoms with Gasteiger partial charge in [0, 0.05) is 31.5 Å². The van der Waals surface area contributed by atoms with Gasteiger partial charge in [-0.05, 0) is 53.2 Å². The minimum atomic E-state index is 0.170. The number of thiocarbonyl (C=S) groups is 1. The van der Waals surface area contributed by atoms with Gasteiger partial charge in [0.05, 0.1) is 0 Å². The van der Waals surface area contributed by atoms with Crippen LogP contribution in [0.15, 0.2) is 48.8 Å². The molecular formula is C26H37N3S. The first-order valence-electron chi connectivity index (χ1n) is 11.5. The topological polar surface area (TPSA) is 28.2 Å². The third-order valence-corrected chi connectivity index (χ3v) is 6.39. The summed E-state index contributed by atoms with van der Waals surface area (Å²) in [4.78, 5) is 6.58. The van der Waals surface area contributed by atoms with Gasteiger partial charge in [-0.2, -0.15) is 0 Å². The largest absolute Gasteiger partial charge is 0.360 e. The molecule has 1 fully saturated rings. The summed E-state index contributed by atoms with van der Waals surface area (Å²) < 4.78 is 0. The lowest BCUT2D eigenvalue weighted by Crippen LogP contribution is -2.44. The molecule has 0 unspecified atom stereocenters. The molecule has 0 aliphatic heterocycles. The number of hydrogen-bond acceptors (Lipinski definition) is 2. The van der Waals surface area contributed by atoms with Crippen molar-refractivity contribution in [2.24, 2.45) is 0 Å². The first kappa shape index (κ1) is 22.7. The summed E-state index contributed by atoms with van der Waals surface area (Å²) in [6.07, 6.45) is 12.9. The lowest BCUT2D eigenvalue weighted by Gasteiger charge is -2.30. The molecule has 1 aromatic carbocycles. The molecule has 4 heteroatoms. The van der Waals surface area contributed by atoms with Gasteiger partial charge < -0.3 is 10.2 Å². The Balaban J connectivity index is 1.71. The zero-order valence-corrected chi connectivity index (χ0v) is 19.7. The molecule has 3 rings (SSSR count). The van der Waals surface area contributed by atoms with Gasteiger partial charge in [-0.25, -0.2) is 0 Å². The molecule has 0 bridgehead atoms. The fourth-order valence-electron chi connectivity index (χ4n) is 4.11. The molecule has 1 aliphatic carbocycles. The Labute approximate surface area is 188 Å². The second kappa shape index (κ2) is 10.9. The van der Waals surface area contributed by atoms with E-state index in [2.05, 4.69) is 66.3 Å². The average molecular weight is 424 g/mol. The summed E-state index contributed by atoms with van der Waals surface area (Å²) in [5.41, 5.74) is 4.00. The van der Waals surface area contributed by atoms with Crippen molar-refractivity contribution in [1.82, 2.24) is 15.2 Å². The zero-order chi connectivity index (χ0) is 21.4. The molecule has 1 saturated carbocycles. The van der Waals surface area contributed by atoms with Crippen molar-refractivity contribution in [3.05, 3.63) is 65.5 Å². The molecule has 1 aliphatic rings. The highest BCUT2D eigenvalue weighted by Crippen LogP contribution is 2.23. The van der Waals surface area contributed by atoms with Crippen molar-refractivity contribution in [1.29, 1.82) is 0 Å². The summed E-state index contributed by atoms with van der Waals surface area (Å²) in [5, 5.41) is 4.56. The predicted molar refractivity (Wildman–Crippen MR) is 130 cm³/mol. The van der Waals surface area contributed by atoms with Gasteiger partial charge in [-0.1, -0.05) is 83.2 Å². The number of nitrogens with one attached hydrogen (secondary N) is 1. The van der Waals surface area contributed by atoms with E-state index >= 15 is 0 Å². The van der Waals surface area contributed by atoms with Crippen molar-refractivity contribution in [2.75, 3.05) is 0 Å². The van der Waals surface area contributed by atoms with Gasteiger partial charge in [0.25, 0.3) is 0 Å². The van der Waals surface area contributed by atoms with E-state index in [0.717, 1.165) is 18.2 Å². The van der Waals surface area contributed by atoms with Gasteiger partial charge in [0.1, 0.15) is 0 Å². The van der Waals surface area contributed by atoms with Crippen LogP contribution in [0.25, 0.3) is 0 Å². The predicted octanol–water partition coefficient (Wildman–Crippen LogP) is 6.37. The van der Waals surface area contributed by atoms with E-state index in [0.29, 0.717) is 6.04 Å². The molecular weight excluding hydrogens is 386 g/mol. The number of aromatic nitrogens is 1. The lowest BCUT2D eigenvalue weighted by molar-refractivity contribution is 0.370. The maximum atomic E-state index is 5.91. The molecule has 2 aromatic rings. The SMILES string of the molecule is CC(C)(C)c1ccc(CN(Cc2cccnc2)C(=S)NC2CCCCCCC2)cc1. The maximum absolute atomic E-state index is 5.91. The number of hydrogen-bond donors (Lipinski definition) is 1. The summed E-state index contributed by atoms with van der Waals surface area (Å²) in [5.74, 6) is 0. The Kier molecular flexibility index (Phi) is 8.26. The first-order valence-corrected chi connectivity index (χ1v) is 11.9. The second-order valence-corrected chi connectivity index (χ2v) is 10.0. The number of nitrogens with zero attached hydrogens (tertiary/aromatic N) is 2. The maximum Gasteiger partial charge on any atom is 0.169 e. The smallest absolute Gasteiger partial charge is 0.169 e. The molecule has 3 nitrogen and oxygen atoms in total. The van der Waals surface area contributed by atoms with Gasteiger partial charge in [0.15, 0.2) is 5.11 Å². The number of rotatable bonds is 5. The van der Waals surface area contributed by atoms with Crippen molar-refractivity contribution in [3.8, 4) is 0 Å². The third-order valence-electron chi connectivity index (χ3n) is 6.01. The van der Waals surface area contributed by atoms with Crippen LogP contribution in [0, 0.1) is 0 Å². The Morgan fingerprint density at radius 3 is 2.20 bits per heavy atom. The van der Waals surface area contributed by atoms with E-state index in [1.807, 2.05) is 18.5 Å². The summed E-state index contributed by atoms with van der Waals surface area (Å²) in [6.45, 7) is 8.34. The van der Waals surface area contributed by atoms with E-state index < -0.39 is 0 Å². The second-order valence-electron chi connectivity index (χ2n) is 9.66. The lowest BCUT2D eigenvalue weighted by atomic mass is 9.87. The van der Waals surface area contributed by atoms with E-state index in [4.69, 9.17) is 12.2 Å². The quantitative estimate of drug-likeness (QED) is 0.566. The molecule has 0 saturated heterocycles. The van der Waals surface area contributed by atoms with E-state index in [1.54, 1.807) is 0 Å². The fraction of sp³-hybridized carbons (Fsp3) is 0.538. The van der Waals surface area contributed by atoms with Crippen LogP contribution in [-0.4, -0.2) is 21.0 Å². The van der Waals surface area contributed by atoms with E-state index in [9.17, 15) is 0 Å². The summed E-state index contributed by atoms with van der Waals surface area (Å²) >= 11 is 5.91. The Morgan fingerprint density at radius 2 is 1.60 bits per heavy atom. The van der Waals surface area contributed by atoms with Gasteiger partial charge in [0.2, 0.25) is 0 Å². The number of benzene rings is 1. The molecule has 30 heavy (non-hydrogen) atoms. The van der Waals surface area contributed by atoms with Crippen LogP contribution in [0.2, 0.25) is 0 Å². The van der Waals surface area contributed by atoms with Gasteiger partial charge >= 0.3 is 0 Å². The van der Waals surface area contributed by atoms with Crippen molar-refractivity contribution >= 4 is 17.3 Å². The van der Waals surface area contributed by atoms with E-state index in [1.165, 1.54) is 61.6 Å². The van der Waals surface area contributed by atoms with Crippen LogP contribution in [-0.2, 0) is 18.5 Å². The molecule has 1 heterocycles. The van der Waals surface area contributed by atoms with Crippen LogP contribution in [0.5, 0.6) is 0 Å². The standard InChI is InChI=1S/C26H37N3S/c1-26(2,3)23-15-13-21(14-16-23)19-29(20-22-10-9-17-27-18-22)25(30)28-24-11-7-5-4-6-8-12-24/h9-10,13-18,24H,4-8,11-12,19-20H2,1-3H3,(H,28,30). The highest BCUT2D eigenvalue weighted by Gasteiger charge is 2.18. The van der Waals surface area contributed by atoms with Crippen molar-refractivity contribution in [2.45, 2.75) is 90.3 Å². The summed E-state index contributed by atoms with van der Waals surface area (Å²) in [6, 6.07) is 13.6. The van der Waals surface area contributed by atoms with Gasteiger partial charge in [-0.15, -0.1) is 0 Å². The molecule has 0 radical (unpaired) electrons. The molecule has 162 valence electrons. The van der Waals surface area contributed by atoms with Crippen LogP contribution in [0.4, 0.5) is 0 Å². The van der Waals surface area contributed by atoms with Crippen LogP contribution in [0.3, 0.4) is 0 Å². The number of pyridine rings is 1. The molecule has 0 amide bonds. The monoisotopic (exact) mass is 423 g/mol. The van der Waals surface area contributed by atoms with Crippen LogP contribution < -0.4 is 5.32 Å². The van der Waals surface area contributed by atoms with Gasteiger partial charge in [-0.3, -0.25) is 4.98 Å². The van der Waals surface area contributed by atoms with Crippen molar-refractivity contribution in [3.63, 3.8) is 0 Å². The molecule has 1 aromatic heterocycles. The zero-order valence-electron chi connectivity index (χ0n) is 18.9. The highest BCUT2D eigenvalue weighted by atomic mass is 32.1. The Bertz CT molecular complexity index is 772. The third kappa shape index (κ3) is 7.09. The van der Waals surface area contributed by atoms with Crippen molar-refractivity contribution < 1.29 is 0 Å². The molecule has 0 atom stereocenters. The first-order chi connectivity index (χ1) is 14.4. The summed E-state index contributed by atoms with van der Waals surface area (Å²) in [7, 11) is 0. The Hall–Kier alpha value is -1.94. The minimum Gasteiger partial charge on any atom is -0.360 e. The fourth-order valence-corrected chi connectivity index (χ4v) is 4.40. The van der Waals surface area contributed by atoms with E-state index in [-0.39, 0.29) is 5.41 Å². The molecule has 1 N–H and O–H groups in total. The minimum absolute atomic E-state index is 0.170. The Morgan fingerprint density at radius 1 is 0.967 bits per heavy atom. The highest BCUT2D eigenvalue weighted by molar-refractivity contribution is 7.80. The average Bonchev–Trinajstić information content (AvgIpc) is 2.70.